The van der Waals surface area contributed by atoms with Gasteiger partial charge in [-0.3, -0.25) is 9.69 Å². The number of nitrogens with zero attached hydrogens (tertiary/aromatic N) is 4. The molecule has 2 saturated heterocycles. The summed E-state index contributed by atoms with van der Waals surface area (Å²) in [4.78, 5) is 36.1. The fraction of sp³-hybridized carbons (Fsp3) is 0.542. The monoisotopic (exact) mass is 439 g/mol. The van der Waals surface area contributed by atoms with Crippen molar-refractivity contribution in [1.82, 2.24) is 19.7 Å². The third kappa shape index (κ3) is 5.30. The molecule has 0 aliphatic carbocycles. The van der Waals surface area contributed by atoms with Gasteiger partial charge in [-0.1, -0.05) is 12.1 Å². The minimum absolute atomic E-state index is 0.00149. The van der Waals surface area contributed by atoms with E-state index in [0.29, 0.717) is 19.6 Å². The van der Waals surface area contributed by atoms with E-state index in [4.69, 9.17) is 4.42 Å². The number of piperidine rings is 1. The number of aromatic nitrogens is 1. The van der Waals surface area contributed by atoms with Crippen molar-refractivity contribution in [3.8, 4) is 0 Å². The topological polar surface area (TPSA) is 81.9 Å². The van der Waals surface area contributed by atoms with Gasteiger partial charge in [-0.2, -0.15) is 0 Å². The number of oxazole rings is 1. The predicted octanol–water partition coefficient (Wildman–Crippen LogP) is 3.19. The molecule has 2 aromatic rings. The number of amides is 3. The molecule has 3 heterocycles. The van der Waals surface area contributed by atoms with Crippen LogP contribution < -0.4 is 5.32 Å². The Bertz CT molecular complexity index is 937. The molecular weight excluding hydrogens is 406 g/mol. The Morgan fingerprint density at radius 3 is 2.38 bits per heavy atom. The van der Waals surface area contributed by atoms with Crippen LogP contribution in [-0.4, -0.2) is 70.9 Å². The molecule has 4 rings (SSSR count). The Morgan fingerprint density at radius 1 is 1.03 bits per heavy atom. The molecule has 3 amide bonds. The number of nitrogens with one attached hydrogen (secondary N) is 1. The summed E-state index contributed by atoms with van der Waals surface area (Å²) in [5.41, 5.74) is 2.85. The summed E-state index contributed by atoms with van der Waals surface area (Å²) < 4.78 is 5.69. The van der Waals surface area contributed by atoms with Crippen molar-refractivity contribution in [1.29, 1.82) is 0 Å². The van der Waals surface area contributed by atoms with Crippen LogP contribution in [0, 0.1) is 26.7 Å². The number of carbonyl (C=O) groups is 2. The van der Waals surface area contributed by atoms with E-state index in [-0.39, 0.29) is 17.9 Å². The fourth-order valence-electron chi connectivity index (χ4n) is 4.44. The molecular formula is C24H33N5O3. The number of carbonyl (C=O) groups excluding carboxylic acids is 2. The lowest BCUT2D eigenvalue weighted by atomic mass is 9.95. The van der Waals surface area contributed by atoms with E-state index in [1.54, 1.807) is 0 Å². The SMILES string of the molecule is Cc1cccc(NC(=O)N2CCC(C(=O)N3CCN(Cc4nc(C)c(C)o4)CC3)CC2)c1. The second kappa shape index (κ2) is 9.73. The van der Waals surface area contributed by atoms with Gasteiger partial charge in [0.1, 0.15) is 5.76 Å². The van der Waals surface area contributed by atoms with Crippen molar-refractivity contribution >= 4 is 17.6 Å². The first-order valence-electron chi connectivity index (χ1n) is 11.5. The predicted molar refractivity (Wildman–Crippen MR) is 122 cm³/mol. The molecule has 1 N–H and O–H groups in total. The maximum atomic E-state index is 13.0. The zero-order chi connectivity index (χ0) is 22.7. The molecule has 0 unspecified atom stereocenters. The lowest BCUT2D eigenvalue weighted by molar-refractivity contribution is -0.138. The molecule has 0 radical (unpaired) electrons. The number of hydrogen-bond donors (Lipinski definition) is 1. The van der Waals surface area contributed by atoms with Crippen LogP contribution in [0.4, 0.5) is 10.5 Å². The third-order valence-corrected chi connectivity index (χ3v) is 6.52. The van der Waals surface area contributed by atoms with Crippen molar-refractivity contribution < 1.29 is 14.0 Å². The van der Waals surface area contributed by atoms with Crippen LogP contribution >= 0.6 is 0 Å². The van der Waals surface area contributed by atoms with Crippen LogP contribution in [0.15, 0.2) is 28.7 Å². The number of urea groups is 1. The molecule has 2 fully saturated rings. The van der Waals surface area contributed by atoms with Gasteiger partial charge >= 0.3 is 6.03 Å². The van der Waals surface area contributed by atoms with Gasteiger partial charge in [0.2, 0.25) is 11.8 Å². The third-order valence-electron chi connectivity index (χ3n) is 6.52. The molecule has 0 saturated carbocycles. The highest BCUT2D eigenvalue weighted by molar-refractivity contribution is 5.89. The van der Waals surface area contributed by atoms with E-state index in [1.165, 1.54) is 0 Å². The number of anilines is 1. The Kier molecular flexibility index (Phi) is 6.79. The molecule has 1 aromatic heterocycles. The minimum atomic E-state index is -0.0906. The summed E-state index contributed by atoms with van der Waals surface area (Å²) in [7, 11) is 0. The summed E-state index contributed by atoms with van der Waals surface area (Å²) in [6, 6.07) is 7.70. The van der Waals surface area contributed by atoms with Crippen molar-refractivity contribution in [2.24, 2.45) is 5.92 Å². The Balaban J connectivity index is 1.21. The van der Waals surface area contributed by atoms with E-state index in [1.807, 2.05) is 54.8 Å². The van der Waals surface area contributed by atoms with Gasteiger partial charge < -0.3 is 19.5 Å². The van der Waals surface area contributed by atoms with Gasteiger partial charge in [-0.25, -0.2) is 9.78 Å². The Morgan fingerprint density at radius 2 is 1.75 bits per heavy atom. The smallest absolute Gasteiger partial charge is 0.321 e. The summed E-state index contributed by atoms with van der Waals surface area (Å²) in [5.74, 6) is 1.84. The first-order valence-corrected chi connectivity index (χ1v) is 11.5. The van der Waals surface area contributed by atoms with E-state index in [2.05, 4.69) is 15.2 Å². The maximum Gasteiger partial charge on any atom is 0.321 e. The highest BCUT2D eigenvalue weighted by atomic mass is 16.4. The summed E-state index contributed by atoms with van der Waals surface area (Å²) >= 11 is 0. The molecule has 0 spiro atoms. The van der Waals surface area contributed by atoms with Crippen molar-refractivity contribution in [2.45, 2.75) is 40.2 Å². The van der Waals surface area contributed by atoms with Gasteiger partial charge in [0.05, 0.1) is 12.2 Å². The molecule has 8 nitrogen and oxygen atoms in total. The lowest BCUT2D eigenvalue weighted by Crippen LogP contribution is -2.51. The van der Waals surface area contributed by atoms with Crippen LogP contribution in [0.2, 0.25) is 0 Å². The Hall–Kier alpha value is -2.87. The first kappa shape index (κ1) is 22.3. The second-order valence-electron chi connectivity index (χ2n) is 8.91. The molecule has 2 aliphatic rings. The molecule has 172 valence electrons. The number of piperazine rings is 1. The van der Waals surface area contributed by atoms with E-state index < -0.39 is 0 Å². The lowest BCUT2D eigenvalue weighted by Gasteiger charge is -2.38. The quantitative estimate of drug-likeness (QED) is 0.791. The average Bonchev–Trinajstić information content (AvgIpc) is 3.10. The van der Waals surface area contributed by atoms with Gasteiger partial charge in [0.25, 0.3) is 0 Å². The van der Waals surface area contributed by atoms with Crippen LogP contribution in [0.5, 0.6) is 0 Å². The summed E-state index contributed by atoms with van der Waals surface area (Å²) in [6.07, 6.45) is 1.43. The molecule has 1 aromatic carbocycles. The second-order valence-corrected chi connectivity index (χ2v) is 8.91. The molecule has 0 atom stereocenters. The molecule has 0 bridgehead atoms. The standard InChI is InChI=1S/C24H33N5O3/c1-17-5-4-6-21(15-17)26-24(31)29-9-7-20(8-10-29)23(30)28-13-11-27(12-14-28)16-22-25-18(2)19(3)32-22/h4-6,15,20H,7-14,16H2,1-3H3,(H,26,31). The highest BCUT2D eigenvalue weighted by Gasteiger charge is 2.32. The first-order chi connectivity index (χ1) is 15.4. The van der Waals surface area contributed by atoms with E-state index >= 15 is 0 Å². The fourth-order valence-corrected chi connectivity index (χ4v) is 4.44. The van der Waals surface area contributed by atoms with Gasteiger partial charge in [-0.05, 0) is 51.3 Å². The number of benzene rings is 1. The number of aryl methyl sites for hydroxylation is 3. The summed E-state index contributed by atoms with van der Waals surface area (Å²) in [5, 5.41) is 2.96. The zero-order valence-corrected chi connectivity index (χ0v) is 19.3. The van der Waals surface area contributed by atoms with E-state index in [0.717, 1.165) is 67.6 Å². The minimum Gasteiger partial charge on any atom is -0.444 e. The van der Waals surface area contributed by atoms with Crippen molar-refractivity contribution in [2.75, 3.05) is 44.6 Å². The average molecular weight is 440 g/mol. The van der Waals surface area contributed by atoms with Crippen LogP contribution in [-0.2, 0) is 11.3 Å². The molecule has 32 heavy (non-hydrogen) atoms. The highest BCUT2D eigenvalue weighted by Crippen LogP contribution is 2.22. The number of hydrogen-bond acceptors (Lipinski definition) is 5. The van der Waals surface area contributed by atoms with Crippen molar-refractivity contribution in [3.05, 3.63) is 47.2 Å². The molecule has 8 heteroatoms. The summed E-state index contributed by atoms with van der Waals surface area (Å²) in [6.45, 7) is 10.9. The van der Waals surface area contributed by atoms with Gasteiger partial charge in [0.15, 0.2) is 0 Å². The number of rotatable bonds is 4. The van der Waals surface area contributed by atoms with Crippen LogP contribution in [0.1, 0.15) is 35.7 Å². The zero-order valence-electron chi connectivity index (χ0n) is 19.3. The normalized spacial score (nSPS) is 18.1. The van der Waals surface area contributed by atoms with Crippen LogP contribution in [0.25, 0.3) is 0 Å². The van der Waals surface area contributed by atoms with Gasteiger partial charge in [0, 0.05) is 50.9 Å². The molecule has 2 aliphatic heterocycles. The van der Waals surface area contributed by atoms with E-state index in [9.17, 15) is 9.59 Å². The largest absolute Gasteiger partial charge is 0.444 e. The van der Waals surface area contributed by atoms with Gasteiger partial charge in [-0.15, -0.1) is 0 Å². The van der Waals surface area contributed by atoms with Crippen molar-refractivity contribution in [3.63, 3.8) is 0 Å². The van der Waals surface area contributed by atoms with Crippen LogP contribution in [0.3, 0.4) is 0 Å². The number of likely N-dealkylation sites (tertiary alicyclic amines) is 1. The Labute approximate surface area is 189 Å². The maximum absolute atomic E-state index is 13.0.